The molecule has 0 N–H and O–H groups in total. The highest BCUT2D eigenvalue weighted by atomic mass is 32.1. The predicted octanol–water partition coefficient (Wildman–Crippen LogP) is 3.96. The van der Waals surface area contributed by atoms with Gasteiger partial charge in [-0.05, 0) is 45.3 Å². The lowest BCUT2D eigenvalue weighted by Crippen LogP contribution is -2.34. The molecule has 9 nitrogen and oxygen atoms in total. The van der Waals surface area contributed by atoms with Crippen LogP contribution >= 0.6 is 11.3 Å². The molecule has 0 saturated heterocycles. The molecule has 170 valence electrons. The number of amides is 1. The summed E-state index contributed by atoms with van der Waals surface area (Å²) in [6, 6.07) is 6.64. The van der Waals surface area contributed by atoms with Gasteiger partial charge in [-0.15, -0.1) is 0 Å². The molecule has 0 radical (unpaired) electrons. The molecule has 0 spiro atoms. The third-order valence-corrected chi connectivity index (χ3v) is 5.77. The van der Waals surface area contributed by atoms with Crippen LogP contribution in [0.15, 0.2) is 30.3 Å². The minimum atomic E-state index is -0.638. The zero-order valence-corrected chi connectivity index (χ0v) is 18.9. The molecule has 0 aliphatic rings. The molecule has 2 aromatic carbocycles. The molecule has 1 amide bonds. The van der Waals surface area contributed by atoms with E-state index in [-0.39, 0.29) is 23.6 Å². The van der Waals surface area contributed by atoms with Crippen LogP contribution in [0, 0.1) is 15.9 Å². The molecule has 3 aromatic rings. The smallest absolute Gasteiger partial charge is 0.286 e. The summed E-state index contributed by atoms with van der Waals surface area (Å²) in [5.74, 6) is -0.670. The molecule has 0 aliphatic carbocycles. The largest absolute Gasteiger partial charge is 0.493 e. The number of anilines is 1. The van der Waals surface area contributed by atoms with Crippen molar-refractivity contribution in [1.82, 2.24) is 9.88 Å². The molecule has 3 rings (SSSR count). The maximum absolute atomic E-state index is 13.7. The third-order valence-electron chi connectivity index (χ3n) is 4.73. The van der Waals surface area contributed by atoms with Crippen LogP contribution in [-0.2, 0) is 0 Å². The third kappa shape index (κ3) is 4.94. The average molecular weight is 463 g/mol. The van der Waals surface area contributed by atoms with Crippen molar-refractivity contribution in [3.63, 3.8) is 0 Å². The van der Waals surface area contributed by atoms with E-state index >= 15 is 0 Å². The van der Waals surface area contributed by atoms with Crippen molar-refractivity contribution in [2.75, 3.05) is 46.3 Å². The van der Waals surface area contributed by atoms with E-state index in [1.54, 1.807) is 0 Å². The number of fused-ring (bicyclic) bond motifs is 1. The van der Waals surface area contributed by atoms with Gasteiger partial charge in [-0.1, -0.05) is 11.3 Å². The van der Waals surface area contributed by atoms with Gasteiger partial charge in [0, 0.05) is 12.6 Å². The predicted molar refractivity (Wildman–Crippen MR) is 121 cm³/mol. The number of hydrogen-bond donors (Lipinski definition) is 0. The summed E-state index contributed by atoms with van der Waals surface area (Å²) < 4.78 is 24.6. The molecular weight excluding hydrogens is 439 g/mol. The molecule has 32 heavy (non-hydrogen) atoms. The van der Waals surface area contributed by atoms with Crippen molar-refractivity contribution in [2.45, 2.75) is 6.42 Å². The zero-order chi connectivity index (χ0) is 23.4. The Kier molecular flexibility index (Phi) is 7.21. The number of nitrogens with zero attached hydrogens (tertiary/aromatic N) is 4. The van der Waals surface area contributed by atoms with Gasteiger partial charge in [-0.2, -0.15) is 0 Å². The molecule has 1 aromatic heterocycles. The van der Waals surface area contributed by atoms with E-state index in [9.17, 15) is 19.3 Å². The van der Waals surface area contributed by atoms with Crippen LogP contribution in [-0.4, -0.2) is 62.1 Å². The maximum atomic E-state index is 13.7. The summed E-state index contributed by atoms with van der Waals surface area (Å²) in [5.41, 5.74) is -0.0148. The molecule has 0 aliphatic heterocycles. The molecule has 1 heterocycles. The van der Waals surface area contributed by atoms with Gasteiger partial charge in [0.25, 0.3) is 11.6 Å². The first kappa shape index (κ1) is 23.4. The van der Waals surface area contributed by atoms with E-state index in [0.717, 1.165) is 17.4 Å². The number of hydrogen-bond acceptors (Lipinski definition) is 8. The van der Waals surface area contributed by atoms with Crippen molar-refractivity contribution in [1.29, 1.82) is 0 Å². The van der Waals surface area contributed by atoms with Gasteiger partial charge in [-0.3, -0.25) is 19.8 Å². The average Bonchev–Trinajstić information content (AvgIpc) is 3.17. The number of rotatable bonds is 9. The highest BCUT2D eigenvalue weighted by molar-refractivity contribution is 7.22. The minimum absolute atomic E-state index is 0.144. The van der Waals surface area contributed by atoms with Crippen LogP contribution in [0.5, 0.6) is 11.5 Å². The summed E-state index contributed by atoms with van der Waals surface area (Å²) in [6.45, 7) is 0.960. The van der Waals surface area contributed by atoms with Gasteiger partial charge >= 0.3 is 0 Å². The fraction of sp³-hybridized carbons (Fsp3) is 0.333. The van der Waals surface area contributed by atoms with Gasteiger partial charge in [0.1, 0.15) is 11.4 Å². The Morgan fingerprint density at radius 1 is 1.16 bits per heavy atom. The second-order valence-electron chi connectivity index (χ2n) is 7.20. The number of thiazole rings is 1. The minimum Gasteiger partial charge on any atom is -0.493 e. The Morgan fingerprint density at radius 3 is 2.47 bits per heavy atom. The van der Waals surface area contributed by atoms with Gasteiger partial charge in [-0.25, -0.2) is 9.37 Å². The first-order valence-corrected chi connectivity index (χ1v) is 10.5. The van der Waals surface area contributed by atoms with Crippen molar-refractivity contribution < 1.29 is 23.6 Å². The number of carbonyl (C=O) groups excluding carboxylic acids is 1. The number of carbonyl (C=O) groups is 1. The summed E-state index contributed by atoms with van der Waals surface area (Å²) in [7, 11) is 6.56. The van der Waals surface area contributed by atoms with Gasteiger partial charge in [0.15, 0.2) is 16.6 Å². The van der Waals surface area contributed by atoms with Crippen LogP contribution in [0.25, 0.3) is 10.2 Å². The van der Waals surface area contributed by atoms with Crippen molar-refractivity contribution >= 4 is 38.3 Å². The second-order valence-corrected chi connectivity index (χ2v) is 8.21. The van der Waals surface area contributed by atoms with E-state index < -0.39 is 22.3 Å². The highest BCUT2D eigenvalue weighted by Gasteiger charge is 2.30. The quantitative estimate of drug-likeness (QED) is 0.351. The fourth-order valence-corrected chi connectivity index (χ4v) is 4.18. The van der Waals surface area contributed by atoms with Gasteiger partial charge in [0.2, 0.25) is 0 Å². The second kappa shape index (κ2) is 9.88. The molecule has 0 unspecified atom stereocenters. The van der Waals surface area contributed by atoms with Crippen molar-refractivity contribution in [3.05, 3.63) is 51.8 Å². The molecule has 0 atom stereocenters. The normalized spacial score (nSPS) is 11.1. The molecule has 0 saturated carbocycles. The van der Waals surface area contributed by atoms with E-state index in [4.69, 9.17) is 9.47 Å². The Balaban J connectivity index is 2.09. The number of benzene rings is 2. The first-order chi connectivity index (χ1) is 15.2. The number of aromatic nitrogens is 1. The first-order valence-electron chi connectivity index (χ1n) is 9.68. The van der Waals surface area contributed by atoms with Crippen LogP contribution < -0.4 is 14.4 Å². The van der Waals surface area contributed by atoms with E-state index in [2.05, 4.69) is 4.98 Å². The summed E-state index contributed by atoms with van der Waals surface area (Å²) >= 11 is 1.15. The zero-order valence-electron chi connectivity index (χ0n) is 18.1. The number of methoxy groups -OCH3 is 2. The summed E-state index contributed by atoms with van der Waals surface area (Å²) in [4.78, 5) is 32.5. The van der Waals surface area contributed by atoms with Crippen LogP contribution in [0.2, 0.25) is 0 Å². The molecule has 11 heteroatoms. The molecule has 0 fully saturated rings. The SMILES string of the molecule is COc1cc(C(=O)N(CCCN(C)C)c2nc3ccc(F)cc3s2)c([N+](=O)[O-])cc1OC. The standard InChI is InChI=1S/C21H23FN4O5S/c1-24(2)8-5-9-25(21-23-15-7-6-13(22)10-19(15)32-21)20(27)14-11-17(30-3)18(31-4)12-16(14)26(28)29/h6-7,10-12H,5,8-9H2,1-4H3. The van der Waals surface area contributed by atoms with Crippen LogP contribution in [0.4, 0.5) is 15.2 Å². The summed E-state index contributed by atoms with van der Waals surface area (Å²) in [6.07, 6.45) is 0.601. The van der Waals surface area contributed by atoms with Crippen molar-refractivity contribution in [2.24, 2.45) is 0 Å². The lowest BCUT2D eigenvalue weighted by Gasteiger charge is -2.21. The van der Waals surface area contributed by atoms with E-state index in [0.29, 0.717) is 28.3 Å². The lowest BCUT2D eigenvalue weighted by molar-refractivity contribution is -0.385. The topological polar surface area (TPSA) is 98.0 Å². The van der Waals surface area contributed by atoms with Crippen molar-refractivity contribution in [3.8, 4) is 11.5 Å². The number of halogens is 1. The molecule has 0 bridgehead atoms. The monoisotopic (exact) mass is 462 g/mol. The molecular formula is C21H23FN4O5S. The van der Waals surface area contributed by atoms with Gasteiger partial charge < -0.3 is 14.4 Å². The Bertz CT molecular complexity index is 1150. The number of nitro benzene ring substituents is 1. The van der Waals surface area contributed by atoms with E-state index in [1.807, 2.05) is 19.0 Å². The highest BCUT2D eigenvalue weighted by Crippen LogP contribution is 2.37. The number of nitro groups is 1. The number of ether oxygens (including phenoxy) is 2. The van der Waals surface area contributed by atoms with Gasteiger partial charge in [0.05, 0.1) is 35.4 Å². The maximum Gasteiger partial charge on any atom is 0.286 e. The lowest BCUT2D eigenvalue weighted by atomic mass is 10.1. The summed E-state index contributed by atoms with van der Waals surface area (Å²) in [5, 5.41) is 12.0. The van der Waals surface area contributed by atoms with Crippen LogP contribution in [0.3, 0.4) is 0 Å². The fourth-order valence-electron chi connectivity index (χ4n) is 3.17. The van der Waals surface area contributed by atoms with Crippen LogP contribution in [0.1, 0.15) is 16.8 Å². The Hall–Kier alpha value is -3.31. The Labute approximate surface area is 188 Å². The Morgan fingerprint density at radius 2 is 1.84 bits per heavy atom. The van der Waals surface area contributed by atoms with E-state index in [1.165, 1.54) is 43.4 Å².